The van der Waals surface area contributed by atoms with Crippen LogP contribution in [0.25, 0.3) is 0 Å². The largest absolute Gasteiger partial charge is 0.336 e. The number of benzene rings is 1. The van der Waals surface area contributed by atoms with E-state index in [0.717, 1.165) is 51.6 Å². The van der Waals surface area contributed by atoms with Gasteiger partial charge in [0.05, 0.1) is 4.75 Å². The first-order valence-electron chi connectivity index (χ1n) is 8.99. The molecule has 1 aromatic carbocycles. The SMILES string of the molecule is CS(=O)C1(CNC(=O)N2CCC(Cc3ccccc3)CC2)CCC1. The molecule has 24 heavy (non-hydrogen) atoms. The van der Waals surface area contributed by atoms with Crippen molar-refractivity contribution in [3.8, 4) is 0 Å². The van der Waals surface area contributed by atoms with Crippen molar-refractivity contribution in [1.82, 2.24) is 10.2 Å². The van der Waals surface area contributed by atoms with Gasteiger partial charge in [-0.15, -0.1) is 0 Å². The van der Waals surface area contributed by atoms with Crippen LogP contribution in [-0.2, 0) is 17.2 Å². The predicted octanol–water partition coefficient (Wildman–Crippen LogP) is 2.95. The molecule has 1 aliphatic carbocycles. The number of carbonyl (C=O) groups excluding carboxylic acids is 1. The van der Waals surface area contributed by atoms with Crippen molar-refractivity contribution in [3.05, 3.63) is 35.9 Å². The van der Waals surface area contributed by atoms with Crippen molar-refractivity contribution in [2.24, 2.45) is 5.92 Å². The average Bonchev–Trinajstić information content (AvgIpc) is 2.55. The fourth-order valence-electron chi connectivity index (χ4n) is 3.77. The van der Waals surface area contributed by atoms with Crippen LogP contribution in [0, 0.1) is 5.92 Å². The highest BCUT2D eigenvalue weighted by Crippen LogP contribution is 2.36. The molecule has 2 amide bonds. The average molecular weight is 349 g/mol. The molecule has 1 unspecified atom stereocenters. The van der Waals surface area contributed by atoms with E-state index in [0.29, 0.717) is 12.5 Å². The van der Waals surface area contributed by atoms with E-state index in [9.17, 15) is 9.00 Å². The quantitative estimate of drug-likeness (QED) is 0.889. The lowest BCUT2D eigenvalue weighted by Crippen LogP contribution is -2.54. The lowest BCUT2D eigenvalue weighted by molar-refractivity contribution is 0.167. The van der Waals surface area contributed by atoms with Crippen LogP contribution < -0.4 is 5.32 Å². The summed E-state index contributed by atoms with van der Waals surface area (Å²) in [6.45, 7) is 2.20. The van der Waals surface area contributed by atoms with Gasteiger partial charge < -0.3 is 10.2 Å². The van der Waals surface area contributed by atoms with Crippen molar-refractivity contribution in [3.63, 3.8) is 0 Å². The Bertz CT molecular complexity index is 578. The Labute approximate surface area is 147 Å². The molecule has 1 N–H and O–H groups in total. The van der Waals surface area contributed by atoms with Crippen LogP contribution in [0.4, 0.5) is 4.79 Å². The molecular weight excluding hydrogens is 320 g/mol. The minimum absolute atomic E-state index is 0.0184. The van der Waals surface area contributed by atoms with E-state index >= 15 is 0 Å². The molecule has 0 aromatic heterocycles. The highest BCUT2D eigenvalue weighted by atomic mass is 32.2. The minimum atomic E-state index is -0.865. The number of hydrogen-bond acceptors (Lipinski definition) is 2. The van der Waals surface area contributed by atoms with E-state index < -0.39 is 10.8 Å². The predicted molar refractivity (Wildman–Crippen MR) is 98.5 cm³/mol. The summed E-state index contributed by atoms with van der Waals surface area (Å²) in [7, 11) is -0.865. The molecule has 5 heteroatoms. The number of amides is 2. The van der Waals surface area contributed by atoms with Gasteiger partial charge in [-0.1, -0.05) is 36.8 Å². The Morgan fingerprint density at radius 1 is 1.25 bits per heavy atom. The normalized spacial score (nSPS) is 21.8. The summed E-state index contributed by atoms with van der Waals surface area (Å²) >= 11 is 0. The topological polar surface area (TPSA) is 49.4 Å². The maximum Gasteiger partial charge on any atom is 0.317 e. The van der Waals surface area contributed by atoms with E-state index in [1.165, 1.54) is 5.56 Å². The molecule has 1 atom stereocenters. The van der Waals surface area contributed by atoms with Crippen LogP contribution in [0.15, 0.2) is 30.3 Å². The number of rotatable bonds is 5. The summed E-state index contributed by atoms with van der Waals surface area (Å²) in [5, 5.41) is 3.03. The van der Waals surface area contributed by atoms with Gasteiger partial charge in [-0.3, -0.25) is 4.21 Å². The molecule has 1 aromatic rings. The van der Waals surface area contributed by atoms with E-state index in [1.807, 2.05) is 4.90 Å². The Kier molecular flexibility index (Phi) is 5.59. The van der Waals surface area contributed by atoms with E-state index in [1.54, 1.807) is 6.26 Å². The van der Waals surface area contributed by atoms with Gasteiger partial charge in [-0.05, 0) is 43.6 Å². The number of hydrogen-bond donors (Lipinski definition) is 1. The lowest BCUT2D eigenvalue weighted by atomic mass is 9.84. The lowest BCUT2D eigenvalue weighted by Gasteiger charge is -2.40. The molecule has 0 radical (unpaired) electrons. The number of urea groups is 1. The van der Waals surface area contributed by atoms with Crippen LogP contribution in [0.1, 0.15) is 37.7 Å². The van der Waals surface area contributed by atoms with Crippen LogP contribution in [0.2, 0.25) is 0 Å². The summed E-state index contributed by atoms with van der Waals surface area (Å²) in [6.07, 6.45) is 8.06. The molecule has 1 heterocycles. The molecule has 2 aliphatic rings. The summed E-state index contributed by atoms with van der Waals surface area (Å²) in [5.74, 6) is 0.664. The summed E-state index contributed by atoms with van der Waals surface area (Å²) < 4.78 is 11.7. The Hall–Kier alpha value is -1.36. The third-order valence-electron chi connectivity index (χ3n) is 5.71. The number of piperidine rings is 1. The second kappa shape index (κ2) is 7.68. The molecule has 0 spiro atoms. The Morgan fingerprint density at radius 2 is 1.92 bits per heavy atom. The van der Waals surface area contributed by atoms with Crippen molar-refractivity contribution in [2.75, 3.05) is 25.9 Å². The van der Waals surface area contributed by atoms with Gasteiger partial charge in [-0.25, -0.2) is 4.79 Å². The number of carbonyl (C=O) groups is 1. The standard InChI is InChI=1S/C19H28N2O2S/c1-24(23)19(10-5-11-19)15-20-18(22)21-12-8-17(9-13-21)14-16-6-3-2-4-7-16/h2-4,6-7,17H,5,8-15H2,1H3,(H,20,22). The number of likely N-dealkylation sites (tertiary alicyclic amines) is 1. The Morgan fingerprint density at radius 3 is 2.46 bits per heavy atom. The smallest absolute Gasteiger partial charge is 0.317 e. The van der Waals surface area contributed by atoms with Gasteiger partial charge in [0.25, 0.3) is 0 Å². The maximum atomic E-state index is 12.4. The van der Waals surface area contributed by atoms with Crippen molar-refractivity contribution < 1.29 is 9.00 Å². The van der Waals surface area contributed by atoms with E-state index in [2.05, 4.69) is 35.6 Å². The Balaban J connectivity index is 1.43. The molecular formula is C19H28N2O2S. The molecule has 132 valence electrons. The van der Waals surface area contributed by atoms with Gasteiger partial charge in [0.1, 0.15) is 0 Å². The fraction of sp³-hybridized carbons (Fsp3) is 0.632. The highest BCUT2D eigenvalue weighted by Gasteiger charge is 2.41. The number of nitrogens with zero attached hydrogens (tertiary/aromatic N) is 1. The van der Waals surface area contributed by atoms with Gasteiger partial charge >= 0.3 is 6.03 Å². The van der Waals surface area contributed by atoms with E-state index in [-0.39, 0.29) is 10.8 Å². The molecule has 3 rings (SSSR count). The van der Waals surface area contributed by atoms with Crippen molar-refractivity contribution >= 4 is 16.8 Å². The van der Waals surface area contributed by atoms with Crippen LogP contribution in [-0.4, -0.2) is 45.8 Å². The van der Waals surface area contributed by atoms with Gasteiger partial charge in [-0.2, -0.15) is 0 Å². The van der Waals surface area contributed by atoms with Crippen LogP contribution in [0.3, 0.4) is 0 Å². The van der Waals surface area contributed by atoms with Gasteiger partial charge in [0.2, 0.25) is 0 Å². The van der Waals surface area contributed by atoms with Gasteiger partial charge in [0.15, 0.2) is 0 Å². The summed E-state index contributed by atoms with van der Waals surface area (Å²) in [5.41, 5.74) is 1.39. The fourth-order valence-corrected chi connectivity index (χ4v) is 4.91. The molecule has 1 aliphatic heterocycles. The van der Waals surface area contributed by atoms with E-state index in [4.69, 9.17) is 0 Å². The first-order chi connectivity index (χ1) is 11.6. The van der Waals surface area contributed by atoms with Crippen LogP contribution in [0.5, 0.6) is 0 Å². The maximum absolute atomic E-state index is 12.4. The van der Waals surface area contributed by atoms with Crippen molar-refractivity contribution in [1.29, 1.82) is 0 Å². The molecule has 1 saturated heterocycles. The minimum Gasteiger partial charge on any atom is -0.336 e. The zero-order valence-electron chi connectivity index (χ0n) is 14.5. The zero-order chi connectivity index (χ0) is 17.0. The first kappa shape index (κ1) is 17.5. The van der Waals surface area contributed by atoms with Crippen LogP contribution >= 0.6 is 0 Å². The third-order valence-corrected chi connectivity index (χ3v) is 7.48. The molecule has 4 nitrogen and oxygen atoms in total. The second-order valence-electron chi connectivity index (χ2n) is 7.27. The number of nitrogens with one attached hydrogen (secondary N) is 1. The summed E-state index contributed by atoms with van der Waals surface area (Å²) in [6, 6.07) is 10.6. The monoisotopic (exact) mass is 348 g/mol. The highest BCUT2D eigenvalue weighted by molar-refractivity contribution is 7.85. The van der Waals surface area contributed by atoms with Crippen molar-refractivity contribution in [2.45, 2.75) is 43.3 Å². The second-order valence-corrected chi connectivity index (χ2v) is 9.04. The zero-order valence-corrected chi connectivity index (χ0v) is 15.3. The summed E-state index contributed by atoms with van der Waals surface area (Å²) in [4.78, 5) is 14.3. The first-order valence-corrected chi connectivity index (χ1v) is 10.6. The molecule has 1 saturated carbocycles. The molecule has 0 bridgehead atoms. The molecule has 2 fully saturated rings. The third kappa shape index (κ3) is 4.00. The van der Waals surface area contributed by atoms with Gasteiger partial charge in [0, 0.05) is 36.7 Å².